The van der Waals surface area contributed by atoms with Crippen molar-refractivity contribution >= 4 is 22.5 Å². The first-order valence-electron chi connectivity index (χ1n) is 7.68. The minimum absolute atomic E-state index is 0.0815. The van der Waals surface area contributed by atoms with Crippen LogP contribution in [0.2, 0.25) is 0 Å². The summed E-state index contributed by atoms with van der Waals surface area (Å²) in [6.07, 6.45) is 2.80. The second-order valence-electron chi connectivity index (χ2n) is 6.01. The van der Waals surface area contributed by atoms with E-state index in [4.69, 9.17) is 9.47 Å². The normalized spacial score (nSPS) is 20.7. The number of amides is 1. The summed E-state index contributed by atoms with van der Waals surface area (Å²) in [7, 11) is 1.90. The Morgan fingerprint density at radius 2 is 1.79 bits per heavy atom. The Labute approximate surface area is 144 Å². The van der Waals surface area contributed by atoms with Gasteiger partial charge in [0.05, 0.1) is 20.0 Å². The fourth-order valence-electron chi connectivity index (χ4n) is 3.30. The standard InChI is InChI=1S/C17H23NO5S/c1-11(19)18-17(16(20)10-24(4)21)8-7-12-13(9-17)15(23-3)6-5-14(12)22-2/h5-6H,7-10H2,1-4H3,(H,18,19)/t17-,24+/m0/s1. The molecule has 1 N–H and O–H groups in total. The molecule has 6 nitrogen and oxygen atoms in total. The topological polar surface area (TPSA) is 81.7 Å². The highest BCUT2D eigenvalue weighted by atomic mass is 32.2. The molecule has 132 valence electrons. The lowest BCUT2D eigenvalue weighted by atomic mass is 9.75. The van der Waals surface area contributed by atoms with Crippen molar-refractivity contribution in [3.05, 3.63) is 23.3 Å². The van der Waals surface area contributed by atoms with Crippen molar-refractivity contribution in [3.63, 3.8) is 0 Å². The SMILES string of the molecule is COc1ccc(OC)c2c1CC[C@@](NC(C)=O)(C(=O)C[S@@](C)=O)C2. The predicted molar refractivity (Wildman–Crippen MR) is 92.1 cm³/mol. The van der Waals surface area contributed by atoms with Gasteiger partial charge in [0, 0.05) is 41.5 Å². The maximum absolute atomic E-state index is 12.8. The number of nitrogens with one attached hydrogen (secondary N) is 1. The number of carbonyl (C=O) groups is 2. The highest BCUT2D eigenvalue weighted by Gasteiger charge is 2.43. The van der Waals surface area contributed by atoms with Crippen molar-refractivity contribution in [2.24, 2.45) is 0 Å². The third kappa shape index (κ3) is 3.61. The fourth-order valence-corrected chi connectivity index (χ4v) is 3.95. The molecule has 0 spiro atoms. The van der Waals surface area contributed by atoms with Gasteiger partial charge in [-0.2, -0.15) is 0 Å². The number of rotatable bonds is 6. The first-order chi connectivity index (χ1) is 11.3. The lowest BCUT2D eigenvalue weighted by Crippen LogP contribution is -2.58. The molecule has 1 amide bonds. The van der Waals surface area contributed by atoms with E-state index in [0.717, 1.165) is 16.9 Å². The fraction of sp³-hybridized carbons (Fsp3) is 0.529. The third-order valence-electron chi connectivity index (χ3n) is 4.35. The Kier molecular flexibility index (Phi) is 5.64. The van der Waals surface area contributed by atoms with E-state index in [1.165, 1.54) is 13.2 Å². The number of fused-ring (bicyclic) bond motifs is 1. The monoisotopic (exact) mass is 353 g/mol. The molecule has 0 bridgehead atoms. The summed E-state index contributed by atoms with van der Waals surface area (Å²) in [5, 5.41) is 2.81. The summed E-state index contributed by atoms with van der Waals surface area (Å²) in [4.78, 5) is 24.5. The number of benzene rings is 1. The molecule has 0 heterocycles. The summed E-state index contributed by atoms with van der Waals surface area (Å²) >= 11 is 0. The number of ketones is 1. The highest BCUT2D eigenvalue weighted by Crippen LogP contribution is 2.40. The van der Waals surface area contributed by atoms with E-state index in [1.807, 2.05) is 6.07 Å². The van der Waals surface area contributed by atoms with E-state index >= 15 is 0 Å². The Balaban J connectivity index is 2.50. The molecule has 7 heteroatoms. The summed E-state index contributed by atoms with van der Waals surface area (Å²) in [5.74, 6) is 0.825. The van der Waals surface area contributed by atoms with Crippen molar-refractivity contribution in [1.29, 1.82) is 0 Å². The van der Waals surface area contributed by atoms with Gasteiger partial charge in [-0.25, -0.2) is 0 Å². The largest absolute Gasteiger partial charge is 0.496 e. The van der Waals surface area contributed by atoms with Gasteiger partial charge in [0.25, 0.3) is 0 Å². The van der Waals surface area contributed by atoms with Gasteiger partial charge in [-0.1, -0.05) is 0 Å². The molecule has 0 radical (unpaired) electrons. The van der Waals surface area contributed by atoms with Crippen molar-refractivity contribution in [1.82, 2.24) is 5.32 Å². The van der Waals surface area contributed by atoms with Crippen LogP contribution < -0.4 is 14.8 Å². The van der Waals surface area contributed by atoms with Gasteiger partial charge in [0.1, 0.15) is 17.0 Å². The molecule has 2 atom stereocenters. The average Bonchev–Trinajstić information content (AvgIpc) is 2.52. The summed E-state index contributed by atoms with van der Waals surface area (Å²) in [5.41, 5.74) is 0.791. The highest BCUT2D eigenvalue weighted by molar-refractivity contribution is 7.85. The molecule has 1 aliphatic carbocycles. The molecule has 24 heavy (non-hydrogen) atoms. The van der Waals surface area contributed by atoms with E-state index in [9.17, 15) is 13.8 Å². The maximum Gasteiger partial charge on any atom is 0.217 e. The van der Waals surface area contributed by atoms with E-state index in [2.05, 4.69) is 5.32 Å². The number of hydrogen-bond acceptors (Lipinski definition) is 5. The molecule has 1 aromatic carbocycles. The lowest BCUT2D eigenvalue weighted by Gasteiger charge is -2.38. The van der Waals surface area contributed by atoms with Gasteiger partial charge < -0.3 is 14.8 Å². The number of methoxy groups -OCH3 is 2. The quantitative estimate of drug-likeness (QED) is 0.826. The van der Waals surface area contributed by atoms with Crippen LogP contribution in [-0.2, 0) is 33.2 Å². The van der Waals surface area contributed by atoms with Crippen molar-refractivity contribution < 1.29 is 23.3 Å². The molecule has 0 saturated carbocycles. The summed E-state index contributed by atoms with van der Waals surface area (Å²) in [6.45, 7) is 1.39. The van der Waals surface area contributed by atoms with Crippen LogP contribution >= 0.6 is 0 Å². The van der Waals surface area contributed by atoms with Gasteiger partial charge in [0.2, 0.25) is 5.91 Å². The van der Waals surface area contributed by atoms with Gasteiger partial charge >= 0.3 is 0 Å². The zero-order chi connectivity index (χ0) is 17.9. The lowest BCUT2D eigenvalue weighted by molar-refractivity contribution is -0.130. The van der Waals surface area contributed by atoms with Gasteiger partial charge in [-0.05, 0) is 25.0 Å². The molecule has 1 aliphatic rings. The van der Waals surface area contributed by atoms with Crippen LogP contribution in [0.1, 0.15) is 24.5 Å². The predicted octanol–water partition coefficient (Wildman–Crippen LogP) is 1.01. The zero-order valence-electron chi connectivity index (χ0n) is 14.4. The van der Waals surface area contributed by atoms with Crippen LogP contribution in [0.15, 0.2) is 12.1 Å². The maximum atomic E-state index is 12.8. The Morgan fingerprint density at radius 1 is 1.21 bits per heavy atom. The van der Waals surface area contributed by atoms with E-state index in [1.54, 1.807) is 20.3 Å². The first-order valence-corrected chi connectivity index (χ1v) is 9.40. The zero-order valence-corrected chi connectivity index (χ0v) is 15.2. The van der Waals surface area contributed by atoms with E-state index in [-0.39, 0.29) is 17.4 Å². The van der Waals surface area contributed by atoms with Crippen molar-refractivity contribution in [3.8, 4) is 11.5 Å². The molecular formula is C17H23NO5S. The van der Waals surface area contributed by atoms with E-state index in [0.29, 0.717) is 25.0 Å². The van der Waals surface area contributed by atoms with Crippen LogP contribution in [-0.4, -0.2) is 47.7 Å². The average molecular weight is 353 g/mol. The Bertz CT molecular complexity index is 688. The second kappa shape index (κ2) is 7.34. The Hall–Kier alpha value is -1.89. The molecule has 0 fully saturated rings. The minimum Gasteiger partial charge on any atom is -0.496 e. The van der Waals surface area contributed by atoms with Crippen LogP contribution in [0.25, 0.3) is 0 Å². The van der Waals surface area contributed by atoms with Crippen LogP contribution in [0.4, 0.5) is 0 Å². The molecular weight excluding hydrogens is 330 g/mol. The second-order valence-corrected chi connectivity index (χ2v) is 7.44. The van der Waals surface area contributed by atoms with Crippen LogP contribution in [0, 0.1) is 0 Å². The van der Waals surface area contributed by atoms with Gasteiger partial charge in [0.15, 0.2) is 5.78 Å². The number of carbonyl (C=O) groups excluding carboxylic acids is 2. The molecule has 0 aliphatic heterocycles. The smallest absolute Gasteiger partial charge is 0.217 e. The minimum atomic E-state index is -1.27. The Morgan fingerprint density at radius 3 is 2.29 bits per heavy atom. The van der Waals surface area contributed by atoms with Crippen LogP contribution in [0.3, 0.4) is 0 Å². The van der Waals surface area contributed by atoms with Gasteiger partial charge in [-0.15, -0.1) is 0 Å². The van der Waals surface area contributed by atoms with E-state index < -0.39 is 16.3 Å². The van der Waals surface area contributed by atoms with Crippen molar-refractivity contribution in [2.45, 2.75) is 31.7 Å². The summed E-state index contributed by atoms with van der Waals surface area (Å²) in [6, 6.07) is 3.63. The van der Waals surface area contributed by atoms with Crippen LogP contribution in [0.5, 0.6) is 11.5 Å². The number of hydrogen-bond donors (Lipinski definition) is 1. The number of Topliss-reactive ketones (excluding diaryl/α,β-unsaturated/α-hetero) is 1. The molecule has 2 rings (SSSR count). The molecule has 0 unspecified atom stereocenters. The third-order valence-corrected chi connectivity index (χ3v) is 5.02. The number of ether oxygens (including phenoxy) is 2. The first kappa shape index (κ1) is 18.4. The molecule has 0 saturated heterocycles. The van der Waals surface area contributed by atoms with Gasteiger partial charge in [-0.3, -0.25) is 13.8 Å². The van der Waals surface area contributed by atoms with Crippen molar-refractivity contribution in [2.75, 3.05) is 26.2 Å². The molecule has 1 aromatic rings. The molecule has 0 aromatic heterocycles. The summed E-state index contributed by atoms with van der Waals surface area (Å²) < 4.78 is 22.4.